The van der Waals surface area contributed by atoms with Gasteiger partial charge in [-0.05, 0) is 38.0 Å². The van der Waals surface area contributed by atoms with Crippen molar-refractivity contribution in [2.45, 2.75) is 33.2 Å². The fourth-order valence-electron chi connectivity index (χ4n) is 1.57. The highest BCUT2D eigenvalue weighted by Gasteiger charge is 2.07. The van der Waals surface area contributed by atoms with E-state index in [0.29, 0.717) is 5.75 Å². The first-order chi connectivity index (χ1) is 9.51. The van der Waals surface area contributed by atoms with Crippen LogP contribution in [0.2, 0.25) is 0 Å². The van der Waals surface area contributed by atoms with E-state index in [0.717, 1.165) is 6.42 Å². The molecule has 20 heavy (non-hydrogen) atoms. The monoisotopic (exact) mass is 278 g/mol. The van der Waals surface area contributed by atoms with Crippen LogP contribution in [0.15, 0.2) is 24.3 Å². The Morgan fingerprint density at radius 2 is 1.80 bits per heavy atom. The van der Waals surface area contributed by atoms with Gasteiger partial charge in [-0.1, -0.05) is 19.1 Å². The van der Waals surface area contributed by atoms with Gasteiger partial charge in [0.1, 0.15) is 5.75 Å². The van der Waals surface area contributed by atoms with Crippen LogP contribution in [0.5, 0.6) is 5.75 Å². The summed E-state index contributed by atoms with van der Waals surface area (Å²) in [6.07, 6.45) is 0.964. The molecule has 0 aliphatic heterocycles. The first kappa shape index (κ1) is 16.0. The van der Waals surface area contributed by atoms with Crippen LogP contribution in [0.4, 0.5) is 0 Å². The van der Waals surface area contributed by atoms with Gasteiger partial charge in [0.25, 0.3) is 5.91 Å². The summed E-state index contributed by atoms with van der Waals surface area (Å²) in [4.78, 5) is 22.8. The SMILES string of the molecule is CCc1ccc(OCC(=O)NCC(=O)NC(C)C)cc1. The quantitative estimate of drug-likeness (QED) is 0.789. The predicted molar refractivity (Wildman–Crippen MR) is 77.6 cm³/mol. The Balaban J connectivity index is 2.27. The van der Waals surface area contributed by atoms with Crippen molar-refractivity contribution >= 4 is 11.8 Å². The lowest BCUT2D eigenvalue weighted by Crippen LogP contribution is -2.41. The first-order valence-corrected chi connectivity index (χ1v) is 6.79. The van der Waals surface area contributed by atoms with Gasteiger partial charge < -0.3 is 15.4 Å². The van der Waals surface area contributed by atoms with Crippen LogP contribution in [0.25, 0.3) is 0 Å². The zero-order chi connectivity index (χ0) is 15.0. The van der Waals surface area contributed by atoms with E-state index < -0.39 is 0 Å². The molecule has 0 bridgehead atoms. The molecule has 0 radical (unpaired) electrons. The van der Waals surface area contributed by atoms with E-state index >= 15 is 0 Å². The molecule has 1 aromatic rings. The van der Waals surface area contributed by atoms with Gasteiger partial charge in [-0.3, -0.25) is 9.59 Å². The van der Waals surface area contributed by atoms with Crippen LogP contribution in [0.1, 0.15) is 26.3 Å². The molecule has 2 amide bonds. The second-order valence-corrected chi connectivity index (χ2v) is 4.79. The lowest BCUT2D eigenvalue weighted by atomic mass is 10.2. The van der Waals surface area contributed by atoms with Gasteiger partial charge >= 0.3 is 0 Å². The van der Waals surface area contributed by atoms with Crippen LogP contribution in [0.3, 0.4) is 0 Å². The number of hydrogen-bond acceptors (Lipinski definition) is 3. The normalized spacial score (nSPS) is 10.2. The van der Waals surface area contributed by atoms with Crippen molar-refractivity contribution < 1.29 is 14.3 Å². The minimum atomic E-state index is -0.316. The second kappa shape index (κ2) is 8.19. The molecular formula is C15H22N2O3. The third-order valence-electron chi connectivity index (χ3n) is 2.60. The summed E-state index contributed by atoms with van der Waals surface area (Å²) < 4.78 is 5.34. The molecule has 0 fully saturated rings. The van der Waals surface area contributed by atoms with E-state index in [2.05, 4.69) is 17.6 Å². The number of carbonyl (C=O) groups excluding carboxylic acids is 2. The van der Waals surface area contributed by atoms with Gasteiger partial charge in [0, 0.05) is 6.04 Å². The van der Waals surface area contributed by atoms with E-state index in [1.54, 1.807) is 0 Å². The first-order valence-electron chi connectivity index (χ1n) is 6.79. The Morgan fingerprint density at radius 3 is 2.35 bits per heavy atom. The molecular weight excluding hydrogens is 256 g/mol. The summed E-state index contributed by atoms with van der Waals surface area (Å²) in [5.41, 5.74) is 1.21. The third-order valence-corrected chi connectivity index (χ3v) is 2.60. The molecule has 110 valence electrons. The molecule has 1 aromatic carbocycles. The van der Waals surface area contributed by atoms with Crippen molar-refractivity contribution in [3.05, 3.63) is 29.8 Å². The third kappa shape index (κ3) is 6.22. The molecule has 0 aliphatic rings. The van der Waals surface area contributed by atoms with E-state index in [1.807, 2.05) is 38.1 Å². The van der Waals surface area contributed by atoms with E-state index in [4.69, 9.17) is 4.74 Å². The molecule has 5 nitrogen and oxygen atoms in total. The number of benzene rings is 1. The zero-order valence-electron chi connectivity index (χ0n) is 12.2. The minimum absolute atomic E-state index is 0.0326. The highest BCUT2D eigenvalue weighted by molar-refractivity contribution is 5.85. The van der Waals surface area contributed by atoms with Crippen LogP contribution >= 0.6 is 0 Å². The molecule has 0 heterocycles. The molecule has 5 heteroatoms. The van der Waals surface area contributed by atoms with Gasteiger partial charge in [0.15, 0.2) is 6.61 Å². The number of aryl methyl sites for hydroxylation is 1. The fourth-order valence-corrected chi connectivity index (χ4v) is 1.57. The topological polar surface area (TPSA) is 67.4 Å². The van der Waals surface area contributed by atoms with Crippen LogP contribution in [-0.2, 0) is 16.0 Å². The summed E-state index contributed by atoms with van der Waals surface area (Å²) >= 11 is 0. The number of carbonyl (C=O) groups is 2. The van der Waals surface area contributed by atoms with E-state index in [9.17, 15) is 9.59 Å². The van der Waals surface area contributed by atoms with Gasteiger partial charge in [-0.15, -0.1) is 0 Å². The lowest BCUT2D eigenvalue weighted by Gasteiger charge is -2.10. The molecule has 0 saturated carbocycles. The molecule has 0 unspecified atom stereocenters. The number of rotatable bonds is 7. The number of ether oxygens (including phenoxy) is 1. The summed E-state index contributed by atoms with van der Waals surface area (Å²) in [5, 5.41) is 5.19. The van der Waals surface area contributed by atoms with Crippen LogP contribution in [0, 0.1) is 0 Å². The Morgan fingerprint density at radius 1 is 1.15 bits per heavy atom. The van der Waals surface area contributed by atoms with Gasteiger partial charge in [0.05, 0.1) is 6.54 Å². The zero-order valence-corrected chi connectivity index (χ0v) is 12.2. The largest absolute Gasteiger partial charge is 0.484 e. The van der Waals surface area contributed by atoms with Gasteiger partial charge in [0.2, 0.25) is 5.91 Å². The number of nitrogens with one attached hydrogen (secondary N) is 2. The standard InChI is InChI=1S/C15H22N2O3/c1-4-12-5-7-13(8-6-12)20-10-15(19)16-9-14(18)17-11(2)3/h5-8,11H,4,9-10H2,1-3H3,(H,16,19)(H,17,18). The highest BCUT2D eigenvalue weighted by Crippen LogP contribution is 2.12. The average molecular weight is 278 g/mol. The molecule has 0 spiro atoms. The maximum Gasteiger partial charge on any atom is 0.258 e. The van der Waals surface area contributed by atoms with E-state index in [1.165, 1.54) is 5.56 Å². The molecule has 2 N–H and O–H groups in total. The summed E-state index contributed by atoms with van der Waals surface area (Å²) in [6.45, 7) is 5.67. The minimum Gasteiger partial charge on any atom is -0.484 e. The molecule has 0 saturated heterocycles. The van der Waals surface area contributed by atoms with Crippen molar-refractivity contribution in [2.75, 3.05) is 13.2 Å². The van der Waals surface area contributed by atoms with Gasteiger partial charge in [-0.2, -0.15) is 0 Å². The Hall–Kier alpha value is -2.04. The van der Waals surface area contributed by atoms with Crippen molar-refractivity contribution in [3.63, 3.8) is 0 Å². The van der Waals surface area contributed by atoms with Crippen molar-refractivity contribution in [1.82, 2.24) is 10.6 Å². The molecule has 1 rings (SSSR count). The Kier molecular flexibility index (Phi) is 6.56. The van der Waals surface area contributed by atoms with Crippen LogP contribution in [-0.4, -0.2) is 31.0 Å². The second-order valence-electron chi connectivity index (χ2n) is 4.79. The summed E-state index contributed by atoms with van der Waals surface area (Å²) in [7, 11) is 0. The van der Waals surface area contributed by atoms with Crippen molar-refractivity contribution in [3.8, 4) is 5.75 Å². The Bertz CT molecular complexity index is 441. The maximum absolute atomic E-state index is 11.5. The summed E-state index contributed by atoms with van der Waals surface area (Å²) in [6, 6.07) is 7.65. The number of hydrogen-bond donors (Lipinski definition) is 2. The highest BCUT2D eigenvalue weighted by atomic mass is 16.5. The fraction of sp³-hybridized carbons (Fsp3) is 0.467. The Labute approximate surface area is 119 Å². The van der Waals surface area contributed by atoms with E-state index in [-0.39, 0.29) is 31.0 Å². The van der Waals surface area contributed by atoms with Crippen molar-refractivity contribution in [2.24, 2.45) is 0 Å². The van der Waals surface area contributed by atoms with Crippen molar-refractivity contribution in [1.29, 1.82) is 0 Å². The predicted octanol–water partition coefficient (Wildman–Crippen LogP) is 1.27. The average Bonchev–Trinajstić information content (AvgIpc) is 2.42. The smallest absolute Gasteiger partial charge is 0.258 e. The number of amides is 2. The lowest BCUT2D eigenvalue weighted by molar-refractivity contribution is -0.127. The maximum atomic E-state index is 11.5. The molecule has 0 atom stereocenters. The molecule has 0 aliphatic carbocycles. The van der Waals surface area contributed by atoms with Gasteiger partial charge in [-0.25, -0.2) is 0 Å². The molecule has 0 aromatic heterocycles. The summed E-state index contributed by atoms with van der Waals surface area (Å²) in [5.74, 6) is 0.119. The van der Waals surface area contributed by atoms with Crippen LogP contribution < -0.4 is 15.4 Å².